The molecular formula is C26H39ClF2N4O4. The first-order valence-corrected chi connectivity index (χ1v) is 13.5. The van der Waals surface area contributed by atoms with Crippen molar-refractivity contribution in [3.8, 4) is 0 Å². The third-order valence-electron chi connectivity index (χ3n) is 7.26. The van der Waals surface area contributed by atoms with Gasteiger partial charge in [0.2, 0.25) is 5.92 Å². The lowest BCUT2D eigenvalue weighted by atomic mass is 9.83. The second kappa shape index (κ2) is 14.1. The van der Waals surface area contributed by atoms with E-state index in [1.54, 1.807) is 11.0 Å². The van der Waals surface area contributed by atoms with Crippen molar-refractivity contribution in [2.75, 3.05) is 39.8 Å². The molecule has 208 valence electrons. The molecule has 2 aliphatic rings. The molecule has 8 nitrogen and oxygen atoms in total. The maximum atomic E-state index is 13.6. The molecule has 3 amide bonds. The van der Waals surface area contributed by atoms with E-state index in [0.29, 0.717) is 43.9 Å². The predicted molar refractivity (Wildman–Crippen MR) is 138 cm³/mol. The number of urea groups is 1. The molecule has 1 aliphatic heterocycles. The average Bonchev–Trinajstić information content (AvgIpc) is 2.85. The predicted octanol–water partition coefficient (Wildman–Crippen LogP) is 4.89. The van der Waals surface area contributed by atoms with E-state index in [1.807, 2.05) is 25.2 Å². The fourth-order valence-corrected chi connectivity index (χ4v) is 5.62. The fourth-order valence-electron chi connectivity index (χ4n) is 5.42. The Hall–Kier alpha value is -2.17. The first kappa shape index (κ1) is 29.4. The molecule has 1 aromatic carbocycles. The summed E-state index contributed by atoms with van der Waals surface area (Å²) in [6, 6.07) is 7.09. The lowest BCUT2D eigenvalue weighted by Crippen LogP contribution is -2.52. The largest absolute Gasteiger partial charge is 0.465 e. The Bertz CT molecular complexity index is 884. The summed E-state index contributed by atoms with van der Waals surface area (Å²) < 4.78 is 33.2. The number of likely N-dealkylation sites (N-methyl/N-ethyl adjacent to an activating group) is 1. The van der Waals surface area contributed by atoms with Gasteiger partial charge in [0, 0.05) is 56.0 Å². The van der Waals surface area contributed by atoms with Crippen LogP contribution in [0, 0.1) is 11.8 Å². The van der Waals surface area contributed by atoms with Crippen molar-refractivity contribution in [3.05, 3.63) is 34.9 Å². The molecular weight excluding hydrogens is 506 g/mol. The number of likely N-dealkylation sites (tertiary alicyclic amines) is 1. The van der Waals surface area contributed by atoms with Crippen LogP contribution >= 0.6 is 11.6 Å². The van der Waals surface area contributed by atoms with Gasteiger partial charge in [-0.15, -0.1) is 0 Å². The monoisotopic (exact) mass is 544 g/mol. The fraction of sp³-hybridized carbons (Fsp3) is 0.692. The highest BCUT2D eigenvalue weighted by molar-refractivity contribution is 6.30. The minimum atomic E-state index is -2.56. The van der Waals surface area contributed by atoms with E-state index >= 15 is 0 Å². The molecule has 0 bridgehead atoms. The second-order valence-corrected chi connectivity index (χ2v) is 10.6. The number of nitrogens with one attached hydrogen (secondary N) is 3. The highest BCUT2D eigenvalue weighted by Crippen LogP contribution is 2.38. The number of alkyl halides is 2. The normalized spacial score (nSPS) is 21.7. The summed E-state index contributed by atoms with van der Waals surface area (Å²) >= 11 is 6.22. The summed E-state index contributed by atoms with van der Waals surface area (Å²) in [6.07, 6.45) is 1.66. The molecule has 1 aliphatic carbocycles. The number of carbonyl (C=O) groups is 2. The molecule has 3 atom stereocenters. The van der Waals surface area contributed by atoms with E-state index in [2.05, 4.69) is 16.0 Å². The van der Waals surface area contributed by atoms with E-state index in [9.17, 15) is 18.4 Å². The van der Waals surface area contributed by atoms with Crippen LogP contribution in [0.3, 0.4) is 0 Å². The number of amides is 3. The minimum absolute atomic E-state index is 0.00567. The molecule has 3 rings (SSSR count). The Morgan fingerprint density at radius 2 is 2.03 bits per heavy atom. The molecule has 11 heteroatoms. The molecule has 1 heterocycles. The van der Waals surface area contributed by atoms with Crippen LogP contribution in [0.4, 0.5) is 18.4 Å². The Kier molecular flexibility index (Phi) is 11.2. The molecule has 4 N–H and O–H groups in total. The summed E-state index contributed by atoms with van der Waals surface area (Å²) in [5.74, 6) is -2.38. The molecule has 37 heavy (non-hydrogen) atoms. The van der Waals surface area contributed by atoms with Crippen LogP contribution in [-0.4, -0.2) is 73.9 Å². The van der Waals surface area contributed by atoms with Crippen molar-refractivity contribution in [1.82, 2.24) is 20.9 Å². The summed E-state index contributed by atoms with van der Waals surface area (Å²) in [5.41, 5.74) is 0.886. The Labute approximate surface area is 222 Å². The van der Waals surface area contributed by atoms with Crippen molar-refractivity contribution < 1.29 is 28.2 Å². The SMILES string of the molecule is CNCC(CC1CCC(F)(F)CC1)NC(=O)N1CCCC(C(OCCNC(=O)O)c2cccc(Cl)c2)C1. The molecule has 0 spiro atoms. The first-order chi connectivity index (χ1) is 17.7. The Morgan fingerprint density at radius 1 is 1.27 bits per heavy atom. The quantitative estimate of drug-likeness (QED) is 0.297. The Balaban J connectivity index is 1.61. The van der Waals surface area contributed by atoms with Crippen molar-refractivity contribution in [1.29, 1.82) is 0 Å². The maximum absolute atomic E-state index is 13.6. The van der Waals surface area contributed by atoms with Crippen molar-refractivity contribution in [2.45, 2.75) is 63.0 Å². The van der Waals surface area contributed by atoms with E-state index in [1.165, 1.54) is 0 Å². The van der Waals surface area contributed by atoms with Crippen molar-refractivity contribution in [3.63, 3.8) is 0 Å². The minimum Gasteiger partial charge on any atom is -0.465 e. The van der Waals surface area contributed by atoms with E-state index < -0.39 is 12.0 Å². The van der Waals surface area contributed by atoms with E-state index in [0.717, 1.165) is 18.4 Å². The first-order valence-electron chi connectivity index (χ1n) is 13.1. The Morgan fingerprint density at radius 3 is 2.70 bits per heavy atom. The van der Waals surface area contributed by atoms with Gasteiger partial charge in [-0.25, -0.2) is 18.4 Å². The van der Waals surface area contributed by atoms with Crippen LogP contribution in [0.1, 0.15) is 56.6 Å². The van der Waals surface area contributed by atoms with Crippen LogP contribution in [0.2, 0.25) is 5.02 Å². The second-order valence-electron chi connectivity index (χ2n) is 10.2. The van der Waals surface area contributed by atoms with Gasteiger partial charge in [-0.05, 0) is 62.8 Å². The summed E-state index contributed by atoms with van der Waals surface area (Å²) in [7, 11) is 1.82. The molecule has 0 aromatic heterocycles. The third-order valence-corrected chi connectivity index (χ3v) is 7.49. The molecule has 2 fully saturated rings. The lowest BCUT2D eigenvalue weighted by molar-refractivity contribution is -0.0473. The lowest BCUT2D eigenvalue weighted by Gasteiger charge is -2.38. The summed E-state index contributed by atoms with van der Waals surface area (Å²) in [6.45, 7) is 2.02. The van der Waals surface area contributed by atoms with Crippen LogP contribution in [0.5, 0.6) is 0 Å². The number of piperidine rings is 1. The average molecular weight is 545 g/mol. The molecule has 1 aromatic rings. The smallest absolute Gasteiger partial charge is 0.404 e. The highest BCUT2D eigenvalue weighted by atomic mass is 35.5. The number of rotatable bonds is 11. The van der Waals surface area contributed by atoms with Crippen LogP contribution < -0.4 is 16.0 Å². The number of nitrogens with zero attached hydrogens (tertiary/aromatic N) is 1. The van der Waals surface area contributed by atoms with Gasteiger partial charge in [-0.1, -0.05) is 23.7 Å². The van der Waals surface area contributed by atoms with Gasteiger partial charge >= 0.3 is 12.1 Å². The zero-order chi connectivity index (χ0) is 26.8. The summed E-state index contributed by atoms with van der Waals surface area (Å²) in [5, 5.41) is 18.0. The highest BCUT2D eigenvalue weighted by Gasteiger charge is 2.36. The third kappa shape index (κ3) is 9.57. The van der Waals surface area contributed by atoms with Gasteiger partial charge < -0.3 is 30.7 Å². The standard InChI is InChI=1S/C26H39ClF2N4O4/c1-30-16-22(14-18-7-9-26(28,29)10-8-18)32-24(34)33-12-3-5-20(17-33)23(37-13-11-31-25(35)36)19-4-2-6-21(27)15-19/h2,4,6,15,18,20,22-23,30-31H,3,5,7-14,16-17H2,1H3,(H,32,34)(H,35,36). The number of halogens is 3. The van der Waals surface area contributed by atoms with E-state index in [-0.39, 0.29) is 56.0 Å². The van der Waals surface area contributed by atoms with E-state index in [4.69, 9.17) is 21.4 Å². The van der Waals surface area contributed by atoms with Gasteiger partial charge in [0.15, 0.2) is 0 Å². The summed E-state index contributed by atoms with van der Waals surface area (Å²) in [4.78, 5) is 25.8. The van der Waals surface area contributed by atoms with Crippen molar-refractivity contribution in [2.24, 2.45) is 11.8 Å². The van der Waals surface area contributed by atoms with Gasteiger partial charge in [-0.2, -0.15) is 0 Å². The molecule has 1 saturated heterocycles. The van der Waals surface area contributed by atoms with Crippen LogP contribution in [0.15, 0.2) is 24.3 Å². The van der Waals surface area contributed by atoms with Crippen LogP contribution in [0.25, 0.3) is 0 Å². The molecule has 0 radical (unpaired) electrons. The zero-order valence-electron chi connectivity index (χ0n) is 21.4. The zero-order valence-corrected chi connectivity index (χ0v) is 22.1. The number of hydrogen-bond acceptors (Lipinski definition) is 4. The van der Waals surface area contributed by atoms with Gasteiger partial charge in [-0.3, -0.25) is 0 Å². The van der Waals surface area contributed by atoms with Crippen molar-refractivity contribution >= 4 is 23.7 Å². The molecule has 3 unspecified atom stereocenters. The number of ether oxygens (including phenoxy) is 1. The number of carboxylic acid groups (broad SMARTS) is 1. The maximum Gasteiger partial charge on any atom is 0.404 e. The van der Waals surface area contributed by atoms with Gasteiger partial charge in [0.1, 0.15) is 0 Å². The molecule has 1 saturated carbocycles. The number of carbonyl (C=O) groups excluding carboxylic acids is 1. The van der Waals surface area contributed by atoms with Gasteiger partial charge in [0.05, 0.1) is 12.7 Å². The topological polar surface area (TPSA) is 103 Å². The van der Waals surface area contributed by atoms with Crippen LogP contribution in [-0.2, 0) is 4.74 Å². The number of benzene rings is 1. The number of hydrogen-bond donors (Lipinski definition) is 4. The van der Waals surface area contributed by atoms with Gasteiger partial charge in [0.25, 0.3) is 0 Å².